The van der Waals surface area contributed by atoms with Gasteiger partial charge in [0.25, 0.3) is 0 Å². The maximum absolute atomic E-state index is 4.35. The predicted molar refractivity (Wildman–Crippen MR) is 63.1 cm³/mol. The number of piperazine rings is 1. The van der Waals surface area contributed by atoms with Crippen molar-refractivity contribution >= 4 is 0 Å². The first-order valence-electron chi connectivity index (χ1n) is 6.12. The molecule has 90 valence electrons. The zero-order chi connectivity index (χ0) is 11.4. The van der Waals surface area contributed by atoms with Crippen LogP contribution in [0.3, 0.4) is 0 Å². The van der Waals surface area contributed by atoms with Gasteiger partial charge < -0.3 is 5.32 Å². The second-order valence-corrected chi connectivity index (χ2v) is 4.42. The predicted octanol–water partition coefficient (Wildman–Crippen LogP) is 0.482. The minimum absolute atomic E-state index is 0.584. The van der Waals surface area contributed by atoms with E-state index in [2.05, 4.69) is 34.1 Å². The third kappa shape index (κ3) is 2.59. The van der Waals surface area contributed by atoms with Gasteiger partial charge in [0.15, 0.2) is 0 Å². The number of hydrogen-bond acceptors (Lipinski definition) is 4. The van der Waals surface area contributed by atoms with Crippen LogP contribution in [0, 0.1) is 0 Å². The van der Waals surface area contributed by atoms with Gasteiger partial charge in [0, 0.05) is 32.2 Å². The maximum atomic E-state index is 4.35. The number of rotatable bonds is 4. The normalized spacial score (nSPS) is 22.5. The lowest BCUT2D eigenvalue weighted by molar-refractivity contribution is 0.159. The molecule has 0 spiro atoms. The molecule has 2 heterocycles. The van der Waals surface area contributed by atoms with E-state index in [1.807, 2.05) is 4.68 Å². The molecule has 1 aromatic rings. The van der Waals surface area contributed by atoms with Crippen LogP contribution in [0.4, 0.5) is 0 Å². The first-order valence-corrected chi connectivity index (χ1v) is 6.12. The molecule has 1 unspecified atom stereocenters. The van der Waals surface area contributed by atoms with Crippen molar-refractivity contribution in [3.8, 4) is 0 Å². The van der Waals surface area contributed by atoms with Gasteiger partial charge in [0.2, 0.25) is 0 Å². The molecule has 16 heavy (non-hydrogen) atoms. The Kier molecular flexibility index (Phi) is 3.90. The van der Waals surface area contributed by atoms with Gasteiger partial charge in [0.05, 0.1) is 6.54 Å². The van der Waals surface area contributed by atoms with Crippen LogP contribution < -0.4 is 5.32 Å². The Bertz CT molecular complexity index is 322. The fourth-order valence-electron chi connectivity index (χ4n) is 2.11. The molecule has 1 aliphatic heterocycles. The van der Waals surface area contributed by atoms with E-state index in [0.29, 0.717) is 6.04 Å². The first-order chi connectivity index (χ1) is 7.81. The monoisotopic (exact) mass is 223 g/mol. The fraction of sp³-hybridized carbons (Fsp3) is 0.818. The highest BCUT2D eigenvalue weighted by Gasteiger charge is 2.19. The number of aryl methyl sites for hydroxylation is 1. The van der Waals surface area contributed by atoms with Gasteiger partial charge in [-0.2, -0.15) is 5.10 Å². The van der Waals surface area contributed by atoms with Crippen LogP contribution in [0.15, 0.2) is 6.33 Å². The molecule has 1 fully saturated rings. The molecule has 1 aromatic heterocycles. The Balaban J connectivity index is 1.99. The fourth-order valence-corrected chi connectivity index (χ4v) is 2.11. The molecular weight excluding hydrogens is 202 g/mol. The number of nitrogens with zero attached hydrogens (tertiary/aromatic N) is 4. The average Bonchev–Trinajstić information content (AvgIpc) is 2.70. The summed E-state index contributed by atoms with van der Waals surface area (Å²) in [6, 6.07) is 0.584. The molecule has 1 atom stereocenters. The van der Waals surface area contributed by atoms with Crippen molar-refractivity contribution in [2.45, 2.75) is 39.4 Å². The van der Waals surface area contributed by atoms with E-state index in [1.165, 1.54) is 0 Å². The highest BCUT2D eigenvalue weighted by Crippen LogP contribution is 2.08. The Hall–Kier alpha value is -0.940. The van der Waals surface area contributed by atoms with E-state index < -0.39 is 0 Å². The summed E-state index contributed by atoms with van der Waals surface area (Å²) in [5.41, 5.74) is 0. The van der Waals surface area contributed by atoms with Gasteiger partial charge in [-0.25, -0.2) is 9.67 Å². The summed E-state index contributed by atoms with van der Waals surface area (Å²) in [6.45, 7) is 9.55. The minimum atomic E-state index is 0.584. The van der Waals surface area contributed by atoms with Crippen molar-refractivity contribution in [2.75, 3.05) is 19.6 Å². The highest BCUT2D eigenvalue weighted by molar-refractivity contribution is 4.88. The van der Waals surface area contributed by atoms with Gasteiger partial charge in [-0.05, 0) is 13.3 Å². The van der Waals surface area contributed by atoms with Crippen molar-refractivity contribution < 1.29 is 0 Å². The van der Waals surface area contributed by atoms with Gasteiger partial charge in [-0.15, -0.1) is 0 Å². The smallest absolute Gasteiger partial charge is 0.141 e. The molecule has 5 nitrogen and oxygen atoms in total. The van der Waals surface area contributed by atoms with Crippen molar-refractivity contribution in [3.63, 3.8) is 0 Å². The third-order valence-corrected chi connectivity index (χ3v) is 3.11. The quantitative estimate of drug-likeness (QED) is 0.806. The van der Waals surface area contributed by atoms with E-state index in [-0.39, 0.29) is 0 Å². The summed E-state index contributed by atoms with van der Waals surface area (Å²) in [7, 11) is 0. The Morgan fingerprint density at radius 3 is 3.19 bits per heavy atom. The van der Waals surface area contributed by atoms with Crippen LogP contribution in [0.2, 0.25) is 0 Å². The summed E-state index contributed by atoms with van der Waals surface area (Å²) >= 11 is 0. The number of aromatic nitrogens is 3. The number of nitrogens with one attached hydrogen (secondary N) is 1. The molecular formula is C11H21N5. The highest BCUT2D eigenvalue weighted by atomic mass is 15.4. The summed E-state index contributed by atoms with van der Waals surface area (Å²) in [5, 5.41) is 7.66. The molecule has 5 heteroatoms. The van der Waals surface area contributed by atoms with Crippen LogP contribution in [0.1, 0.15) is 26.1 Å². The van der Waals surface area contributed by atoms with Gasteiger partial charge in [-0.1, -0.05) is 6.92 Å². The summed E-state index contributed by atoms with van der Waals surface area (Å²) in [4.78, 5) is 6.82. The third-order valence-electron chi connectivity index (χ3n) is 3.11. The van der Waals surface area contributed by atoms with Crippen LogP contribution in [0.5, 0.6) is 0 Å². The Morgan fingerprint density at radius 1 is 1.56 bits per heavy atom. The van der Waals surface area contributed by atoms with Crippen molar-refractivity contribution in [1.82, 2.24) is 25.0 Å². The van der Waals surface area contributed by atoms with Crippen molar-refractivity contribution in [1.29, 1.82) is 0 Å². The second kappa shape index (κ2) is 5.41. The van der Waals surface area contributed by atoms with E-state index in [1.54, 1.807) is 6.33 Å². The largest absolute Gasteiger partial charge is 0.314 e. The molecule has 1 N–H and O–H groups in total. The van der Waals surface area contributed by atoms with Gasteiger partial charge in [-0.3, -0.25) is 4.90 Å². The zero-order valence-corrected chi connectivity index (χ0v) is 10.2. The van der Waals surface area contributed by atoms with E-state index in [9.17, 15) is 0 Å². The Labute approximate surface area is 96.8 Å². The van der Waals surface area contributed by atoms with E-state index >= 15 is 0 Å². The Morgan fingerprint density at radius 2 is 2.44 bits per heavy atom. The molecule has 0 aromatic carbocycles. The van der Waals surface area contributed by atoms with Crippen LogP contribution >= 0.6 is 0 Å². The molecule has 0 bridgehead atoms. The lowest BCUT2D eigenvalue weighted by Gasteiger charge is -2.33. The van der Waals surface area contributed by atoms with Crippen LogP contribution in [-0.2, 0) is 13.1 Å². The molecule has 2 rings (SSSR count). The molecule has 0 amide bonds. The molecule has 0 aliphatic carbocycles. The lowest BCUT2D eigenvalue weighted by atomic mass is 10.2. The van der Waals surface area contributed by atoms with Crippen molar-refractivity contribution in [3.05, 3.63) is 12.2 Å². The average molecular weight is 223 g/mol. The summed E-state index contributed by atoms with van der Waals surface area (Å²) < 4.78 is 2.02. The maximum Gasteiger partial charge on any atom is 0.141 e. The topological polar surface area (TPSA) is 46.0 Å². The first kappa shape index (κ1) is 11.5. The minimum Gasteiger partial charge on any atom is -0.314 e. The SMILES string of the molecule is CCCn1ncnc1CN1CCNCC1C. The number of hydrogen-bond donors (Lipinski definition) is 1. The van der Waals surface area contributed by atoms with Gasteiger partial charge in [0.1, 0.15) is 12.2 Å². The van der Waals surface area contributed by atoms with Crippen LogP contribution in [0.25, 0.3) is 0 Å². The lowest BCUT2D eigenvalue weighted by Crippen LogP contribution is -2.49. The molecule has 1 aliphatic rings. The zero-order valence-electron chi connectivity index (χ0n) is 10.2. The summed E-state index contributed by atoms with van der Waals surface area (Å²) in [5.74, 6) is 1.09. The summed E-state index contributed by atoms with van der Waals surface area (Å²) in [6.07, 6.45) is 2.77. The van der Waals surface area contributed by atoms with E-state index in [4.69, 9.17) is 0 Å². The standard InChI is InChI=1S/C11H21N5/c1-3-5-16-11(13-9-14-16)8-15-6-4-12-7-10(15)2/h9-10,12H,3-8H2,1-2H3. The molecule has 1 saturated heterocycles. The van der Waals surface area contributed by atoms with Gasteiger partial charge >= 0.3 is 0 Å². The molecule has 0 saturated carbocycles. The second-order valence-electron chi connectivity index (χ2n) is 4.42. The van der Waals surface area contributed by atoms with E-state index in [0.717, 1.165) is 45.0 Å². The van der Waals surface area contributed by atoms with Crippen molar-refractivity contribution in [2.24, 2.45) is 0 Å². The molecule has 0 radical (unpaired) electrons. The van der Waals surface area contributed by atoms with Crippen LogP contribution in [-0.4, -0.2) is 45.3 Å².